The van der Waals surface area contributed by atoms with Gasteiger partial charge in [-0.1, -0.05) is 12.1 Å². The second-order valence-electron chi connectivity index (χ2n) is 2.68. The lowest BCUT2D eigenvalue weighted by atomic mass is 10.2. The zero-order valence-corrected chi connectivity index (χ0v) is 8.78. The maximum atomic E-state index is 11.1. The van der Waals surface area contributed by atoms with Crippen molar-refractivity contribution in [1.29, 1.82) is 0 Å². The van der Waals surface area contributed by atoms with Crippen LogP contribution in [0.25, 0.3) is 0 Å². The molecule has 5 heteroatoms. The van der Waals surface area contributed by atoms with Crippen LogP contribution in [0, 0.1) is 0 Å². The molecular weight excluding hydrogens is 220 g/mol. The molecule has 0 aliphatic carbocycles. The Morgan fingerprint density at radius 1 is 1.33 bits per heavy atom. The van der Waals surface area contributed by atoms with Crippen LogP contribution < -0.4 is 4.74 Å². The number of hydrogen-bond acceptors (Lipinski definition) is 4. The van der Waals surface area contributed by atoms with E-state index in [4.69, 9.17) is 16.3 Å². The fourth-order valence-corrected chi connectivity index (χ4v) is 1.14. The van der Waals surface area contributed by atoms with E-state index < -0.39 is 11.2 Å². The van der Waals surface area contributed by atoms with Gasteiger partial charge in [0.25, 0.3) is 5.24 Å². The molecule has 15 heavy (non-hydrogen) atoms. The van der Waals surface area contributed by atoms with Crippen molar-refractivity contribution in [3.05, 3.63) is 29.8 Å². The van der Waals surface area contributed by atoms with E-state index in [1.54, 1.807) is 12.1 Å². The summed E-state index contributed by atoms with van der Waals surface area (Å²) in [5, 5.41) is -0.671. The first-order valence-corrected chi connectivity index (χ1v) is 4.51. The van der Waals surface area contributed by atoms with Gasteiger partial charge in [-0.05, 0) is 23.7 Å². The Kier molecular flexibility index (Phi) is 4.27. The summed E-state index contributed by atoms with van der Waals surface area (Å²) < 4.78 is 9.46. The summed E-state index contributed by atoms with van der Waals surface area (Å²) in [4.78, 5) is 22.0. The SMILES string of the molecule is COCC(=O)Oc1ccccc1C(=O)Cl. The lowest BCUT2D eigenvalue weighted by molar-refractivity contribution is -0.138. The average Bonchev–Trinajstić information content (AvgIpc) is 2.18. The fourth-order valence-electron chi connectivity index (χ4n) is 0.988. The van der Waals surface area contributed by atoms with Crippen LogP contribution >= 0.6 is 11.6 Å². The minimum Gasteiger partial charge on any atom is -0.424 e. The maximum absolute atomic E-state index is 11.1. The van der Waals surface area contributed by atoms with Gasteiger partial charge >= 0.3 is 5.97 Å². The van der Waals surface area contributed by atoms with Gasteiger partial charge in [0.1, 0.15) is 12.4 Å². The molecule has 0 fully saturated rings. The molecule has 0 spiro atoms. The van der Waals surface area contributed by atoms with E-state index in [-0.39, 0.29) is 17.9 Å². The third-order valence-electron chi connectivity index (χ3n) is 1.58. The van der Waals surface area contributed by atoms with E-state index in [1.807, 2.05) is 0 Å². The molecule has 1 aromatic carbocycles. The summed E-state index contributed by atoms with van der Waals surface area (Å²) in [6.07, 6.45) is 0. The number of benzene rings is 1. The van der Waals surface area contributed by atoms with E-state index in [2.05, 4.69) is 4.74 Å². The van der Waals surface area contributed by atoms with E-state index in [1.165, 1.54) is 19.2 Å². The molecule has 0 heterocycles. The zero-order valence-electron chi connectivity index (χ0n) is 8.03. The van der Waals surface area contributed by atoms with Crippen molar-refractivity contribution in [3.8, 4) is 5.75 Å². The number of carbonyl (C=O) groups excluding carboxylic acids is 2. The first kappa shape index (κ1) is 11.7. The molecule has 1 rings (SSSR count). The second kappa shape index (κ2) is 5.48. The highest BCUT2D eigenvalue weighted by molar-refractivity contribution is 6.68. The molecule has 0 saturated heterocycles. The predicted molar refractivity (Wildman–Crippen MR) is 54.1 cm³/mol. The van der Waals surface area contributed by atoms with Gasteiger partial charge in [0.05, 0.1) is 5.56 Å². The second-order valence-corrected chi connectivity index (χ2v) is 3.02. The standard InChI is InChI=1S/C10H9ClO4/c1-14-6-9(12)15-8-5-3-2-4-7(8)10(11)13/h2-5H,6H2,1H3. The number of esters is 1. The Hall–Kier alpha value is -1.39. The topological polar surface area (TPSA) is 52.6 Å². The molecule has 0 aliphatic rings. The summed E-state index contributed by atoms with van der Waals surface area (Å²) in [6.45, 7) is -0.176. The number of rotatable bonds is 4. The molecule has 0 N–H and O–H groups in total. The van der Waals surface area contributed by atoms with Crippen LogP contribution in [0.15, 0.2) is 24.3 Å². The van der Waals surface area contributed by atoms with Crippen LogP contribution in [-0.4, -0.2) is 24.9 Å². The van der Waals surface area contributed by atoms with Crippen LogP contribution in [0.4, 0.5) is 0 Å². The molecule has 4 nitrogen and oxygen atoms in total. The Bertz CT molecular complexity index is 375. The van der Waals surface area contributed by atoms with Gasteiger partial charge in [0.15, 0.2) is 0 Å². The summed E-state index contributed by atoms with van der Waals surface area (Å²) in [7, 11) is 1.37. The zero-order chi connectivity index (χ0) is 11.3. The Morgan fingerprint density at radius 2 is 2.00 bits per heavy atom. The fraction of sp³-hybridized carbons (Fsp3) is 0.200. The van der Waals surface area contributed by atoms with Gasteiger partial charge in [-0.3, -0.25) is 4.79 Å². The summed E-state index contributed by atoms with van der Waals surface area (Å²) in [6, 6.07) is 6.23. The van der Waals surface area contributed by atoms with Crippen LogP contribution in [0.3, 0.4) is 0 Å². The van der Waals surface area contributed by atoms with Gasteiger partial charge in [-0.15, -0.1) is 0 Å². The minimum absolute atomic E-state index is 0.138. The number of ether oxygens (including phenoxy) is 2. The van der Waals surface area contributed by atoms with E-state index in [0.29, 0.717) is 0 Å². The Labute approximate surface area is 91.7 Å². The van der Waals surface area contributed by atoms with Crippen LogP contribution in [0.5, 0.6) is 5.75 Å². The molecule has 0 amide bonds. The molecule has 0 aromatic heterocycles. The third-order valence-corrected chi connectivity index (χ3v) is 1.79. The molecule has 0 aliphatic heterocycles. The van der Waals surface area contributed by atoms with Crippen molar-refractivity contribution in [3.63, 3.8) is 0 Å². The Balaban J connectivity index is 2.84. The summed E-state index contributed by atoms with van der Waals surface area (Å²) >= 11 is 5.31. The highest BCUT2D eigenvalue weighted by Crippen LogP contribution is 2.19. The Morgan fingerprint density at radius 3 is 2.60 bits per heavy atom. The van der Waals surface area contributed by atoms with Crippen molar-refractivity contribution < 1.29 is 19.1 Å². The number of carbonyl (C=O) groups is 2. The summed E-state index contributed by atoms with van der Waals surface area (Å²) in [5.41, 5.74) is 0.156. The quantitative estimate of drug-likeness (QED) is 0.446. The lowest BCUT2D eigenvalue weighted by Gasteiger charge is -2.06. The smallest absolute Gasteiger partial charge is 0.337 e. The normalized spacial score (nSPS) is 9.73. The minimum atomic E-state index is -0.671. The van der Waals surface area contributed by atoms with Crippen molar-refractivity contribution in [1.82, 2.24) is 0 Å². The van der Waals surface area contributed by atoms with E-state index >= 15 is 0 Å². The van der Waals surface area contributed by atoms with Crippen molar-refractivity contribution >= 4 is 22.8 Å². The highest BCUT2D eigenvalue weighted by atomic mass is 35.5. The van der Waals surface area contributed by atoms with Gasteiger partial charge in [-0.25, -0.2) is 4.79 Å². The van der Waals surface area contributed by atoms with Crippen LogP contribution in [0.2, 0.25) is 0 Å². The number of methoxy groups -OCH3 is 1. The predicted octanol–water partition coefficient (Wildman–Crippen LogP) is 1.62. The van der Waals surface area contributed by atoms with E-state index in [9.17, 15) is 9.59 Å². The average molecular weight is 229 g/mol. The molecular formula is C10H9ClO4. The first-order chi connectivity index (χ1) is 7.15. The van der Waals surface area contributed by atoms with Crippen LogP contribution in [0.1, 0.15) is 10.4 Å². The van der Waals surface area contributed by atoms with Gasteiger partial charge < -0.3 is 9.47 Å². The van der Waals surface area contributed by atoms with Crippen LogP contribution in [-0.2, 0) is 9.53 Å². The molecule has 0 unspecified atom stereocenters. The monoisotopic (exact) mass is 228 g/mol. The largest absolute Gasteiger partial charge is 0.424 e. The van der Waals surface area contributed by atoms with Gasteiger partial charge in [-0.2, -0.15) is 0 Å². The third kappa shape index (κ3) is 3.34. The lowest BCUT2D eigenvalue weighted by Crippen LogP contribution is -2.15. The number of hydrogen-bond donors (Lipinski definition) is 0. The number of halogens is 1. The molecule has 1 aromatic rings. The number of para-hydroxylation sites is 1. The molecule has 0 radical (unpaired) electrons. The van der Waals surface area contributed by atoms with Crippen molar-refractivity contribution in [2.75, 3.05) is 13.7 Å². The van der Waals surface area contributed by atoms with Gasteiger partial charge in [0, 0.05) is 7.11 Å². The van der Waals surface area contributed by atoms with Crippen molar-refractivity contribution in [2.24, 2.45) is 0 Å². The first-order valence-electron chi connectivity index (χ1n) is 4.13. The molecule has 0 atom stereocenters. The molecule has 0 bridgehead atoms. The van der Waals surface area contributed by atoms with Crippen molar-refractivity contribution in [2.45, 2.75) is 0 Å². The highest BCUT2D eigenvalue weighted by Gasteiger charge is 2.12. The summed E-state index contributed by atoms with van der Waals surface area (Å²) in [5.74, 6) is -0.442. The van der Waals surface area contributed by atoms with E-state index in [0.717, 1.165) is 0 Å². The van der Waals surface area contributed by atoms with Gasteiger partial charge in [0.2, 0.25) is 0 Å². The molecule has 0 saturated carbocycles. The molecule has 80 valence electrons. The maximum Gasteiger partial charge on any atom is 0.337 e.